The molecule has 2 aliphatic rings. The van der Waals surface area contributed by atoms with Crippen LogP contribution < -0.4 is 10.6 Å². The highest BCUT2D eigenvalue weighted by atomic mass is 32.2. The Morgan fingerprint density at radius 2 is 1.77 bits per heavy atom. The number of sulfonamides is 1. The maximum Gasteiger partial charge on any atom is 0.243 e. The molecule has 7 heteroatoms. The Balaban J connectivity index is 1.70. The molecule has 0 saturated carbocycles. The van der Waals surface area contributed by atoms with Crippen LogP contribution >= 0.6 is 12.6 Å². The molecule has 1 aromatic carbocycles. The van der Waals surface area contributed by atoms with E-state index < -0.39 is 10.0 Å². The van der Waals surface area contributed by atoms with Gasteiger partial charge in [-0.2, -0.15) is 4.31 Å². The maximum atomic E-state index is 13.3. The first-order valence-electron chi connectivity index (χ1n) is 9.82. The molecule has 1 atom stereocenters. The van der Waals surface area contributed by atoms with E-state index >= 15 is 0 Å². The second-order valence-corrected chi connectivity index (χ2v) is 9.79. The number of rotatable bonds is 7. The first kappa shape index (κ1) is 20.1. The first-order chi connectivity index (χ1) is 12.6. The van der Waals surface area contributed by atoms with Crippen LogP contribution in [0.3, 0.4) is 0 Å². The molecule has 1 unspecified atom stereocenters. The Hall–Kier alpha value is -0.600. The van der Waals surface area contributed by atoms with Gasteiger partial charge >= 0.3 is 0 Å². The summed E-state index contributed by atoms with van der Waals surface area (Å²) in [5.41, 5.74) is 0. The fourth-order valence-electron chi connectivity index (χ4n) is 4.01. The molecule has 3 rings (SSSR count). The number of thiol groups is 1. The minimum atomic E-state index is -3.47. The van der Waals surface area contributed by atoms with Crippen molar-refractivity contribution in [2.45, 2.75) is 66.8 Å². The third-order valence-corrected chi connectivity index (χ3v) is 7.77. The van der Waals surface area contributed by atoms with Crippen molar-refractivity contribution in [1.82, 2.24) is 14.9 Å². The highest BCUT2D eigenvalue weighted by Crippen LogP contribution is 2.24. The fraction of sp³-hybridized carbons (Fsp3) is 0.684. The van der Waals surface area contributed by atoms with Crippen LogP contribution in [0.1, 0.15) is 44.9 Å². The van der Waals surface area contributed by atoms with E-state index in [1.54, 1.807) is 28.6 Å². The van der Waals surface area contributed by atoms with E-state index in [1.807, 2.05) is 0 Å². The van der Waals surface area contributed by atoms with Gasteiger partial charge in [0, 0.05) is 23.5 Å². The van der Waals surface area contributed by atoms with Crippen LogP contribution in [0, 0.1) is 0 Å². The summed E-state index contributed by atoms with van der Waals surface area (Å²) in [5, 5.41) is 6.90. The molecule has 0 aromatic heterocycles. The van der Waals surface area contributed by atoms with Crippen LogP contribution in [-0.4, -0.2) is 51.0 Å². The van der Waals surface area contributed by atoms with Crippen molar-refractivity contribution in [2.24, 2.45) is 0 Å². The predicted molar refractivity (Wildman–Crippen MR) is 108 cm³/mol. The van der Waals surface area contributed by atoms with Crippen molar-refractivity contribution >= 4 is 22.7 Å². The van der Waals surface area contributed by atoms with Gasteiger partial charge in [-0.15, -0.1) is 12.6 Å². The van der Waals surface area contributed by atoms with Crippen molar-refractivity contribution in [2.75, 3.05) is 26.2 Å². The molecule has 0 bridgehead atoms. The van der Waals surface area contributed by atoms with Gasteiger partial charge in [0.1, 0.15) is 0 Å². The Morgan fingerprint density at radius 3 is 2.42 bits per heavy atom. The van der Waals surface area contributed by atoms with Gasteiger partial charge in [0.2, 0.25) is 10.0 Å². The monoisotopic (exact) mass is 397 g/mol. The summed E-state index contributed by atoms with van der Waals surface area (Å²) in [4.78, 5) is 1.16. The van der Waals surface area contributed by atoms with Crippen LogP contribution in [0.2, 0.25) is 0 Å². The molecule has 146 valence electrons. The van der Waals surface area contributed by atoms with Gasteiger partial charge in [0.15, 0.2) is 0 Å². The molecule has 0 aliphatic carbocycles. The van der Waals surface area contributed by atoms with Crippen molar-refractivity contribution in [3.8, 4) is 0 Å². The van der Waals surface area contributed by atoms with Crippen molar-refractivity contribution in [3.63, 3.8) is 0 Å². The summed E-state index contributed by atoms with van der Waals surface area (Å²) in [6.07, 6.45) is 7.47. The molecule has 2 aliphatic heterocycles. The average Bonchev–Trinajstić information content (AvgIpc) is 2.67. The van der Waals surface area contributed by atoms with Crippen LogP contribution in [0.15, 0.2) is 34.1 Å². The summed E-state index contributed by atoms with van der Waals surface area (Å²) >= 11 is 4.27. The lowest BCUT2D eigenvalue weighted by molar-refractivity contribution is 0.252. The molecule has 5 nitrogen and oxygen atoms in total. The Labute approximate surface area is 163 Å². The van der Waals surface area contributed by atoms with E-state index in [2.05, 4.69) is 23.3 Å². The maximum absolute atomic E-state index is 13.3. The lowest BCUT2D eigenvalue weighted by atomic mass is 10.0. The summed E-state index contributed by atoms with van der Waals surface area (Å²) in [7, 11) is -3.47. The third kappa shape index (κ3) is 5.23. The second kappa shape index (κ2) is 9.55. The van der Waals surface area contributed by atoms with E-state index in [0.717, 1.165) is 50.2 Å². The fourth-order valence-corrected chi connectivity index (χ4v) is 5.88. The van der Waals surface area contributed by atoms with E-state index in [1.165, 1.54) is 19.3 Å². The molecule has 2 saturated heterocycles. The zero-order chi connectivity index (χ0) is 18.4. The normalized spacial score (nSPS) is 22.6. The number of hydrogen-bond acceptors (Lipinski definition) is 5. The highest BCUT2D eigenvalue weighted by Gasteiger charge is 2.32. The summed E-state index contributed by atoms with van der Waals surface area (Å²) < 4.78 is 28.3. The van der Waals surface area contributed by atoms with Crippen LogP contribution in [-0.2, 0) is 10.0 Å². The van der Waals surface area contributed by atoms with Crippen molar-refractivity contribution < 1.29 is 8.42 Å². The highest BCUT2D eigenvalue weighted by molar-refractivity contribution is 7.89. The second-order valence-electron chi connectivity index (χ2n) is 7.38. The minimum Gasteiger partial charge on any atom is -0.317 e. The standard InChI is InChI=1S/C19H31N3O2S2/c23-26(24,19-8-6-18(25)7-9-19)22(17-10-13-20-14-11-17)15-3-5-16-4-1-2-12-21-16/h6-9,16-17,20-21,25H,1-5,10-15H2. The summed E-state index contributed by atoms with van der Waals surface area (Å²) in [6, 6.07) is 7.49. The molecular formula is C19H31N3O2S2. The number of hydrogen-bond donors (Lipinski definition) is 3. The van der Waals surface area contributed by atoms with Gasteiger partial charge < -0.3 is 10.6 Å². The Kier molecular flexibility index (Phi) is 7.40. The van der Waals surface area contributed by atoms with E-state index in [4.69, 9.17) is 0 Å². The molecular weight excluding hydrogens is 366 g/mol. The predicted octanol–water partition coefficient (Wildman–Crippen LogP) is 2.64. The van der Waals surface area contributed by atoms with Crippen molar-refractivity contribution in [3.05, 3.63) is 24.3 Å². The molecule has 0 spiro atoms. The zero-order valence-corrected chi connectivity index (χ0v) is 17.1. The van der Waals surface area contributed by atoms with E-state index in [-0.39, 0.29) is 6.04 Å². The largest absolute Gasteiger partial charge is 0.317 e. The SMILES string of the molecule is O=S(=O)(c1ccc(S)cc1)N(CCCC1CCCCN1)C1CCNCC1. The molecule has 2 heterocycles. The quantitative estimate of drug-likeness (QED) is 0.619. The average molecular weight is 398 g/mol. The number of nitrogens with one attached hydrogen (secondary N) is 2. The van der Waals surface area contributed by atoms with E-state index in [0.29, 0.717) is 17.5 Å². The van der Waals surface area contributed by atoms with E-state index in [9.17, 15) is 8.42 Å². The molecule has 1 aromatic rings. The molecule has 26 heavy (non-hydrogen) atoms. The minimum absolute atomic E-state index is 0.0937. The Bertz CT molecular complexity index is 652. The Morgan fingerprint density at radius 1 is 1.04 bits per heavy atom. The number of benzene rings is 1. The lowest BCUT2D eigenvalue weighted by Gasteiger charge is -2.34. The van der Waals surface area contributed by atoms with Crippen LogP contribution in [0.5, 0.6) is 0 Å². The third-order valence-electron chi connectivity index (χ3n) is 5.50. The van der Waals surface area contributed by atoms with Gasteiger partial charge in [0.25, 0.3) is 0 Å². The van der Waals surface area contributed by atoms with Gasteiger partial charge in [-0.05, 0) is 82.4 Å². The zero-order valence-electron chi connectivity index (χ0n) is 15.4. The van der Waals surface area contributed by atoms with Gasteiger partial charge in [-0.1, -0.05) is 6.42 Å². The van der Waals surface area contributed by atoms with Crippen molar-refractivity contribution in [1.29, 1.82) is 0 Å². The number of piperidine rings is 2. The van der Waals surface area contributed by atoms with Crippen LogP contribution in [0.4, 0.5) is 0 Å². The van der Waals surface area contributed by atoms with Gasteiger partial charge in [-0.3, -0.25) is 0 Å². The number of nitrogens with zero attached hydrogens (tertiary/aromatic N) is 1. The summed E-state index contributed by atoms with van der Waals surface area (Å²) in [5.74, 6) is 0. The molecule has 2 fully saturated rings. The molecule has 0 radical (unpaired) electrons. The first-order valence-corrected chi connectivity index (χ1v) is 11.7. The molecule has 0 amide bonds. The lowest BCUT2D eigenvalue weighted by Crippen LogP contribution is -2.46. The molecule has 2 N–H and O–H groups in total. The van der Waals surface area contributed by atoms with Crippen LogP contribution in [0.25, 0.3) is 0 Å². The smallest absolute Gasteiger partial charge is 0.243 e. The van der Waals surface area contributed by atoms with Gasteiger partial charge in [0.05, 0.1) is 4.90 Å². The topological polar surface area (TPSA) is 61.4 Å². The van der Waals surface area contributed by atoms with Gasteiger partial charge in [-0.25, -0.2) is 8.42 Å². The summed E-state index contributed by atoms with van der Waals surface area (Å²) in [6.45, 7) is 3.47.